The third kappa shape index (κ3) is 3.82. The first-order valence-electron chi connectivity index (χ1n) is 9.23. The van der Waals surface area contributed by atoms with Crippen molar-refractivity contribution in [2.45, 2.75) is 31.7 Å². The van der Waals surface area contributed by atoms with Gasteiger partial charge in [0, 0.05) is 36.5 Å². The molecule has 0 fully saturated rings. The molecule has 0 bridgehead atoms. The summed E-state index contributed by atoms with van der Waals surface area (Å²) in [5.74, 6) is 0. The van der Waals surface area contributed by atoms with Gasteiger partial charge in [-0.15, -0.1) is 0 Å². The molecule has 0 saturated carbocycles. The number of aryl methyl sites for hydroxylation is 1. The molecule has 1 unspecified atom stereocenters. The fourth-order valence-electron chi connectivity index (χ4n) is 3.94. The summed E-state index contributed by atoms with van der Waals surface area (Å²) in [5.41, 5.74) is 2.11. The molecular weight excluding hydrogens is 385 g/mol. The predicted octanol–water partition coefficient (Wildman–Crippen LogP) is 6.16. The first-order chi connectivity index (χ1) is 13.4. The molecule has 28 heavy (non-hydrogen) atoms. The molecule has 0 spiro atoms. The highest BCUT2D eigenvalue weighted by molar-refractivity contribution is 6.31. The molecule has 4 rings (SSSR count). The molecule has 6 heteroatoms. The third-order valence-corrected chi connectivity index (χ3v) is 5.54. The van der Waals surface area contributed by atoms with Gasteiger partial charge in [0.1, 0.15) is 0 Å². The molecule has 0 radical (unpaired) electrons. The SMILES string of the molecule is FC(F)(F)c1cccc(CN2CCCn3cccc3C2c2ccccc2Cl)c1. The number of alkyl halides is 3. The van der Waals surface area contributed by atoms with E-state index >= 15 is 0 Å². The average molecular weight is 405 g/mol. The van der Waals surface area contributed by atoms with Crippen LogP contribution in [0.2, 0.25) is 5.02 Å². The van der Waals surface area contributed by atoms with Crippen molar-refractivity contribution in [3.05, 3.63) is 94.3 Å². The largest absolute Gasteiger partial charge is 0.416 e. The maximum absolute atomic E-state index is 13.1. The second-order valence-corrected chi connectivity index (χ2v) is 7.48. The van der Waals surface area contributed by atoms with Gasteiger partial charge in [0.15, 0.2) is 0 Å². The molecule has 0 saturated heterocycles. The molecule has 1 aromatic heterocycles. The van der Waals surface area contributed by atoms with Gasteiger partial charge < -0.3 is 4.57 Å². The van der Waals surface area contributed by atoms with Crippen molar-refractivity contribution >= 4 is 11.6 Å². The van der Waals surface area contributed by atoms with Crippen LogP contribution < -0.4 is 0 Å². The smallest absolute Gasteiger partial charge is 0.350 e. The van der Waals surface area contributed by atoms with E-state index in [2.05, 4.69) is 15.5 Å². The summed E-state index contributed by atoms with van der Waals surface area (Å²) in [6.45, 7) is 2.07. The summed E-state index contributed by atoms with van der Waals surface area (Å²) in [6, 6.07) is 17.2. The zero-order valence-corrected chi connectivity index (χ0v) is 15.9. The Bertz CT molecular complexity index is 964. The minimum Gasteiger partial charge on any atom is -0.350 e. The van der Waals surface area contributed by atoms with Crippen molar-refractivity contribution in [3.63, 3.8) is 0 Å². The van der Waals surface area contributed by atoms with Crippen molar-refractivity contribution in [1.82, 2.24) is 9.47 Å². The minimum absolute atomic E-state index is 0.110. The molecule has 1 aliphatic rings. The van der Waals surface area contributed by atoms with Gasteiger partial charge in [-0.25, -0.2) is 0 Å². The standard InChI is InChI=1S/C22H20ClF3N2/c23-19-9-2-1-8-18(19)21-20-10-4-11-27(20)12-5-13-28(21)15-16-6-3-7-17(14-16)22(24,25)26/h1-4,6-11,14,21H,5,12-13,15H2. The van der Waals surface area contributed by atoms with Crippen molar-refractivity contribution in [2.75, 3.05) is 6.54 Å². The molecule has 2 nitrogen and oxygen atoms in total. The molecule has 146 valence electrons. The molecule has 1 aliphatic heterocycles. The van der Waals surface area contributed by atoms with Crippen LogP contribution >= 0.6 is 11.6 Å². The summed E-state index contributed by atoms with van der Waals surface area (Å²) in [5, 5.41) is 0.663. The van der Waals surface area contributed by atoms with Crippen molar-refractivity contribution in [2.24, 2.45) is 0 Å². The van der Waals surface area contributed by atoms with Crippen molar-refractivity contribution < 1.29 is 13.2 Å². The predicted molar refractivity (Wildman–Crippen MR) is 104 cm³/mol. The molecule has 1 atom stereocenters. The van der Waals surface area contributed by atoms with Gasteiger partial charge in [-0.05, 0) is 41.8 Å². The van der Waals surface area contributed by atoms with E-state index in [1.807, 2.05) is 36.5 Å². The Morgan fingerprint density at radius 3 is 2.57 bits per heavy atom. The Kier molecular flexibility index (Phi) is 5.21. The lowest BCUT2D eigenvalue weighted by atomic mass is 10.0. The number of nitrogens with zero attached hydrogens (tertiary/aromatic N) is 2. The quantitative estimate of drug-likeness (QED) is 0.508. The normalized spacial score (nSPS) is 17.9. The molecule has 0 amide bonds. The minimum atomic E-state index is -4.34. The van der Waals surface area contributed by atoms with E-state index in [1.165, 1.54) is 12.1 Å². The molecule has 2 aromatic carbocycles. The van der Waals surface area contributed by atoms with Crippen LogP contribution in [-0.2, 0) is 19.3 Å². The van der Waals surface area contributed by atoms with E-state index < -0.39 is 11.7 Å². The van der Waals surface area contributed by atoms with Gasteiger partial charge in [-0.3, -0.25) is 4.90 Å². The summed E-state index contributed by atoms with van der Waals surface area (Å²) in [6.07, 6.45) is -1.37. The zero-order chi connectivity index (χ0) is 19.7. The number of rotatable bonds is 3. The van der Waals surface area contributed by atoms with Crippen LogP contribution in [0.3, 0.4) is 0 Å². The summed E-state index contributed by atoms with van der Waals surface area (Å²) in [4.78, 5) is 2.22. The second-order valence-electron chi connectivity index (χ2n) is 7.07. The Hall–Kier alpha value is -2.24. The average Bonchev–Trinajstić information content (AvgIpc) is 3.04. The van der Waals surface area contributed by atoms with Crippen LogP contribution in [0.5, 0.6) is 0 Å². The van der Waals surface area contributed by atoms with Gasteiger partial charge in [-0.1, -0.05) is 48.0 Å². The van der Waals surface area contributed by atoms with Gasteiger partial charge >= 0.3 is 6.18 Å². The molecular formula is C22H20ClF3N2. The number of hydrogen-bond donors (Lipinski definition) is 0. The Morgan fingerprint density at radius 1 is 0.964 bits per heavy atom. The molecule has 3 aromatic rings. The fourth-order valence-corrected chi connectivity index (χ4v) is 4.18. The first kappa shape index (κ1) is 19.1. The van der Waals surface area contributed by atoms with Crippen molar-refractivity contribution in [3.8, 4) is 0 Å². The number of halogens is 4. The lowest BCUT2D eigenvalue weighted by Crippen LogP contribution is -2.29. The Labute approximate surface area is 167 Å². The summed E-state index contributed by atoms with van der Waals surface area (Å²) >= 11 is 6.51. The first-order valence-corrected chi connectivity index (χ1v) is 9.61. The van der Waals surface area contributed by atoms with Crippen LogP contribution in [0.25, 0.3) is 0 Å². The Morgan fingerprint density at radius 2 is 1.79 bits per heavy atom. The van der Waals surface area contributed by atoms with Gasteiger partial charge in [0.25, 0.3) is 0 Å². The van der Waals surface area contributed by atoms with Gasteiger partial charge in [-0.2, -0.15) is 13.2 Å². The maximum atomic E-state index is 13.1. The van der Waals surface area contributed by atoms with Crippen LogP contribution in [0.4, 0.5) is 13.2 Å². The van der Waals surface area contributed by atoms with Crippen molar-refractivity contribution in [1.29, 1.82) is 0 Å². The Balaban J connectivity index is 1.74. The van der Waals surface area contributed by atoms with Crippen LogP contribution in [0.15, 0.2) is 66.9 Å². The van der Waals surface area contributed by atoms with E-state index in [-0.39, 0.29) is 6.04 Å². The second kappa shape index (κ2) is 7.64. The summed E-state index contributed by atoms with van der Waals surface area (Å²) < 4.78 is 41.6. The van der Waals surface area contributed by atoms with E-state index in [0.29, 0.717) is 17.1 Å². The van der Waals surface area contributed by atoms with E-state index in [9.17, 15) is 13.2 Å². The van der Waals surface area contributed by atoms with Crippen LogP contribution in [0.1, 0.15) is 34.8 Å². The number of fused-ring (bicyclic) bond motifs is 1. The van der Waals surface area contributed by atoms with Gasteiger partial charge in [0.05, 0.1) is 11.6 Å². The van der Waals surface area contributed by atoms with Crippen LogP contribution in [0, 0.1) is 0 Å². The van der Waals surface area contributed by atoms with E-state index in [0.717, 1.165) is 36.8 Å². The maximum Gasteiger partial charge on any atom is 0.416 e. The van der Waals surface area contributed by atoms with E-state index in [4.69, 9.17) is 11.6 Å². The number of hydrogen-bond acceptors (Lipinski definition) is 1. The highest BCUT2D eigenvalue weighted by Crippen LogP contribution is 2.37. The summed E-state index contributed by atoms with van der Waals surface area (Å²) in [7, 11) is 0. The number of benzene rings is 2. The molecule has 2 heterocycles. The highest BCUT2D eigenvalue weighted by Gasteiger charge is 2.32. The fraction of sp³-hybridized carbons (Fsp3) is 0.273. The monoisotopic (exact) mass is 404 g/mol. The molecule has 0 aliphatic carbocycles. The van der Waals surface area contributed by atoms with Crippen LogP contribution in [-0.4, -0.2) is 16.0 Å². The van der Waals surface area contributed by atoms with Gasteiger partial charge in [0.2, 0.25) is 0 Å². The number of aromatic nitrogens is 1. The van der Waals surface area contributed by atoms with E-state index in [1.54, 1.807) is 6.07 Å². The molecule has 0 N–H and O–H groups in total. The topological polar surface area (TPSA) is 8.17 Å². The lowest BCUT2D eigenvalue weighted by Gasteiger charge is -2.31. The third-order valence-electron chi connectivity index (χ3n) is 5.19. The highest BCUT2D eigenvalue weighted by atomic mass is 35.5. The zero-order valence-electron chi connectivity index (χ0n) is 15.2. The lowest BCUT2D eigenvalue weighted by molar-refractivity contribution is -0.137.